The summed E-state index contributed by atoms with van der Waals surface area (Å²) in [4.78, 5) is 12.2. The Morgan fingerprint density at radius 1 is 0.913 bits per heavy atom. The fraction of sp³-hybridized carbons (Fsp3) is 0.150. The van der Waals surface area contributed by atoms with E-state index in [4.69, 9.17) is 0 Å². The Labute approximate surface area is 135 Å². The number of rotatable bonds is 5. The fourth-order valence-electron chi connectivity index (χ4n) is 2.60. The van der Waals surface area contributed by atoms with Crippen molar-refractivity contribution in [2.75, 3.05) is 6.54 Å². The maximum Gasteiger partial charge on any atom is 0.251 e. The van der Waals surface area contributed by atoms with E-state index >= 15 is 0 Å². The lowest BCUT2D eigenvalue weighted by atomic mass is 10.1. The van der Waals surface area contributed by atoms with Crippen molar-refractivity contribution >= 4 is 16.7 Å². The van der Waals surface area contributed by atoms with Gasteiger partial charge >= 0.3 is 0 Å². The van der Waals surface area contributed by atoms with Gasteiger partial charge in [0.25, 0.3) is 5.91 Å². The molecular formula is C20H19NO2. The third-order valence-electron chi connectivity index (χ3n) is 3.90. The Balaban J connectivity index is 1.58. The molecule has 116 valence electrons. The van der Waals surface area contributed by atoms with Gasteiger partial charge in [0.2, 0.25) is 0 Å². The molecule has 1 atom stereocenters. The van der Waals surface area contributed by atoms with Gasteiger partial charge in [0.05, 0.1) is 6.10 Å². The molecule has 3 nitrogen and oxygen atoms in total. The van der Waals surface area contributed by atoms with E-state index < -0.39 is 6.10 Å². The first-order valence-corrected chi connectivity index (χ1v) is 7.74. The summed E-state index contributed by atoms with van der Waals surface area (Å²) in [5, 5.41) is 15.1. The summed E-state index contributed by atoms with van der Waals surface area (Å²) >= 11 is 0. The van der Waals surface area contributed by atoms with Gasteiger partial charge in [-0.2, -0.15) is 0 Å². The molecule has 3 aromatic rings. The smallest absolute Gasteiger partial charge is 0.251 e. The van der Waals surface area contributed by atoms with Crippen molar-refractivity contribution in [2.45, 2.75) is 12.5 Å². The minimum Gasteiger partial charge on any atom is -0.388 e. The van der Waals surface area contributed by atoms with E-state index in [2.05, 4.69) is 5.32 Å². The molecule has 0 aliphatic rings. The Kier molecular flexibility index (Phi) is 4.69. The van der Waals surface area contributed by atoms with Crippen LogP contribution in [-0.2, 0) is 0 Å². The van der Waals surface area contributed by atoms with Crippen molar-refractivity contribution < 1.29 is 9.90 Å². The predicted molar refractivity (Wildman–Crippen MR) is 92.3 cm³/mol. The largest absolute Gasteiger partial charge is 0.388 e. The first-order valence-electron chi connectivity index (χ1n) is 7.74. The standard InChI is InChI=1S/C20H19NO2/c22-19(16-7-2-1-3-8-16)12-13-21-20(23)18-11-10-15-6-4-5-9-17(15)14-18/h1-11,14,19,22H,12-13H2,(H,21,23). The lowest BCUT2D eigenvalue weighted by Gasteiger charge is -2.12. The Morgan fingerprint density at radius 2 is 1.61 bits per heavy atom. The van der Waals surface area contributed by atoms with E-state index in [1.807, 2.05) is 72.8 Å². The molecule has 0 aliphatic carbocycles. The first-order chi connectivity index (χ1) is 11.2. The van der Waals surface area contributed by atoms with Crippen LogP contribution >= 0.6 is 0 Å². The van der Waals surface area contributed by atoms with E-state index in [0.717, 1.165) is 16.3 Å². The number of amides is 1. The second kappa shape index (κ2) is 7.07. The highest BCUT2D eigenvalue weighted by Crippen LogP contribution is 2.17. The number of nitrogens with one attached hydrogen (secondary N) is 1. The van der Waals surface area contributed by atoms with Crippen LogP contribution < -0.4 is 5.32 Å². The maximum atomic E-state index is 12.2. The fourth-order valence-corrected chi connectivity index (χ4v) is 2.60. The summed E-state index contributed by atoms with van der Waals surface area (Å²) < 4.78 is 0. The second-order valence-electron chi connectivity index (χ2n) is 5.53. The summed E-state index contributed by atoms with van der Waals surface area (Å²) in [6, 6.07) is 23.1. The molecule has 1 amide bonds. The molecule has 0 saturated heterocycles. The molecule has 0 heterocycles. The van der Waals surface area contributed by atoms with Crippen LogP contribution in [0.4, 0.5) is 0 Å². The van der Waals surface area contributed by atoms with Crippen LogP contribution in [0.15, 0.2) is 72.8 Å². The van der Waals surface area contributed by atoms with Gasteiger partial charge in [-0.15, -0.1) is 0 Å². The van der Waals surface area contributed by atoms with Gasteiger partial charge in [-0.3, -0.25) is 4.79 Å². The van der Waals surface area contributed by atoms with Crippen molar-refractivity contribution in [3.8, 4) is 0 Å². The molecule has 3 aromatic carbocycles. The zero-order valence-electron chi connectivity index (χ0n) is 12.8. The molecule has 0 spiro atoms. The van der Waals surface area contributed by atoms with E-state index in [1.165, 1.54) is 0 Å². The number of hydrogen-bond acceptors (Lipinski definition) is 2. The average Bonchev–Trinajstić information content (AvgIpc) is 2.61. The SMILES string of the molecule is O=C(NCCC(O)c1ccccc1)c1ccc2ccccc2c1. The highest BCUT2D eigenvalue weighted by Gasteiger charge is 2.09. The summed E-state index contributed by atoms with van der Waals surface area (Å²) in [6.07, 6.45) is -0.0725. The Morgan fingerprint density at radius 3 is 2.39 bits per heavy atom. The lowest BCUT2D eigenvalue weighted by Crippen LogP contribution is -2.25. The molecule has 2 N–H and O–H groups in total. The van der Waals surface area contributed by atoms with Gasteiger partial charge in [0.15, 0.2) is 0 Å². The molecule has 0 aromatic heterocycles. The molecule has 0 fully saturated rings. The van der Waals surface area contributed by atoms with Crippen LogP contribution in [-0.4, -0.2) is 17.6 Å². The molecule has 3 rings (SSSR count). The minimum absolute atomic E-state index is 0.115. The van der Waals surface area contributed by atoms with E-state index in [-0.39, 0.29) is 5.91 Å². The third kappa shape index (κ3) is 3.76. The number of fused-ring (bicyclic) bond motifs is 1. The number of aliphatic hydroxyl groups excluding tert-OH is 1. The van der Waals surface area contributed by atoms with Gasteiger partial charge in [0, 0.05) is 12.1 Å². The van der Waals surface area contributed by atoms with Crippen LogP contribution in [0.1, 0.15) is 28.4 Å². The summed E-state index contributed by atoms with van der Waals surface area (Å²) in [5.41, 5.74) is 1.50. The molecule has 0 saturated carbocycles. The van der Waals surface area contributed by atoms with Crippen molar-refractivity contribution in [1.82, 2.24) is 5.32 Å². The quantitative estimate of drug-likeness (QED) is 0.755. The number of carbonyl (C=O) groups excluding carboxylic acids is 1. The average molecular weight is 305 g/mol. The molecule has 0 radical (unpaired) electrons. The van der Waals surface area contributed by atoms with Crippen LogP contribution in [0.25, 0.3) is 10.8 Å². The monoisotopic (exact) mass is 305 g/mol. The molecule has 3 heteroatoms. The van der Waals surface area contributed by atoms with Crippen molar-refractivity contribution in [3.63, 3.8) is 0 Å². The molecular weight excluding hydrogens is 286 g/mol. The van der Waals surface area contributed by atoms with Crippen molar-refractivity contribution in [2.24, 2.45) is 0 Å². The van der Waals surface area contributed by atoms with Crippen molar-refractivity contribution in [3.05, 3.63) is 83.9 Å². The Bertz CT molecular complexity index is 799. The highest BCUT2D eigenvalue weighted by atomic mass is 16.3. The number of carbonyl (C=O) groups is 1. The third-order valence-corrected chi connectivity index (χ3v) is 3.90. The van der Waals surface area contributed by atoms with E-state index in [1.54, 1.807) is 0 Å². The second-order valence-corrected chi connectivity index (χ2v) is 5.53. The summed E-state index contributed by atoms with van der Waals surface area (Å²) in [7, 11) is 0. The first kappa shape index (κ1) is 15.3. The van der Waals surface area contributed by atoms with Crippen LogP contribution in [0.3, 0.4) is 0 Å². The predicted octanol–water partition coefficient (Wildman–Crippen LogP) is 3.69. The number of aliphatic hydroxyl groups is 1. The highest BCUT2D eigenvalue weighted by molar-refractivity contribution is 5.98. The minimum atomic E-state index is -0.562. The van der Waals surface area contributed by atoms with Crippen molar-refractivity contribution in [1.29, 1.82) is 0 Å². The van der Waals surface area contributed by atoms with E-state index in [0.29, 0.717) is 18.5 Å². The van der Waals surface area contributed by atoms with Crippen LogP contribution in [0, 0.1) is 0 Å². The zero-order valence-corrected chi connectivity index (χ0v) is 12.8. The normalized spacial score (nSPS) is 12.0. The topological polar surface area (TPSA) is 49.3 Å². The Hall–Kier alpha value is -2.65. The maximum absolute atomic E-state index is 12.2. The van der Waals surface area contributed by atoms with Gasteiger partial charge in [0.1, 0.15) is 0 Å². The lowest BCUT2D eigenvalue weighted by molar-refractivity contribution is 0.0943. The summed E-state index contributed by atoms with van der Waals surface area (Å²) in [6.45, 7) is 0.432. The van der Waals surface area contributed by atoms with Gasteiger partial charge < -0.3 is 10.4 Å². The van der Waals surface area contributed by atoms with Crippen LogP contribution in [0.5, 0.6) is 0 Å². The van der Waals surface area contributed by atoms with E-state index in [9.17, 15) is 9.90 Å². The number of hydrogen-bond donors (Lipinski definition) is 2. The molecule has 0 aliphatic heterocycles. The van der Waals surface area contributed by atoms with Crippen LogP contribution in [0.2, 0.25) is 0 Å². The number of benzene rings is 3. The summed E-state index contributed by atoms with van der Waals surface area (Å²) in [5.74, 6) is -0.115. The molecule has 1 unspecified atom stereocenters. The molecule has 0 bridgehead atoms. The zero-order chi connectivity index (χ0) is 16.1. The molecule has 23 heavy (non-hydrogen) atoms. The van der Waals surface area contributed by atoms with Gasteiger partial charge in [-0.05, 0) is 34.9 Å². The van der Waals surface area contributed by atoms with Gasteiger partial charge in [-0.1, -0.05) is 60.7 Å². The van der Waals surface area contributed by atoms with Gasteiger partial charge in [-0.25, -0.2) is 0 Å².